The Morgan fingerprint density at radius 2 is 2.00 bits per heavy atom. The number of amides is 1. The molecule has 1 fully saturated rings. The number of carbonyl (C=O) groups is 1. The van der Waals surface area contributed by atoms with Crippen molar-refractivity contribution < 1.29 is 4.79 Å². The Morgan fingerprint density at radius 3 is 2.67 bits per heavy atom. The third-order valence-corrected chi connectivity index (χ3v) is 3.75. The fraction of sp³-hybridized carbons (Fsp3) is 0.562. The van der Waals surface area contributed by atoms with Crippen LogP contribution < -0.4 is 5.73 Å². The van der Waals surface area contributed by atoms with E-state index in [1.54, 1.807) is 0 Å². The third kappa shape index (κ3) is 5.21. The molecule has 0 radical (unpaired) electrons. The number of nitrogen functional groups attached to an aromatic ring is 1. The first-order valence-electron chi connectivity index (χ1n) is 7.42. The number of nitrogens with zero attached hydrogens (tertiary/aromatic N) is 2. The molecule has 0 spiro atoms. The molecule has 2 rings (SSSR count). The van der Waals surface area contributed by atoms with Crippen LogP contribution in [0.5, 0.6) is 0 Å². The molecule has 1 aliphatic rings. The van der Waals surface area contributed by atoms with Gasteiger partial charge in [0.2, 0.25) is 5.91 Å². The summed E-state index contributed by atoms with van der Waals surface area (Å²) in [5, 5.41) is 0. The first-order valence-corrected chi connectivity index (χ1v) is 7.42. The van der Waals surface area contributed by atoms with E-state index in [0.29, 0.717) is 0 Å². The van der Waals surface area contributed by atoms with Gasteiger partial charge in [0, 0.05) is 44.3 Å². The van der Waals surface area contributed by atoms with Gasteiger partial charge in [-0.3, -0.25) is 9.69 Å². The summed E-state index contributed by atoms with van der Waals surface area (Å²) in [6, 6.07) is 8.05. The predicted molar refractivity (Wildman–Crippen MR) is 89.4 cm³/mol. The number of anilines is 1. The Balaban J connectivity index is 0.00000220. The minimum Gasteiger partial charge on any atom is -0.399 e. The van der Waals surface area contributed by atoms with Crippen LogP contribution in [-0.2, 0) is 11.3 Å². The average Bonchev–Trinajstić information content (AvgIpc) is 2.63. The van der Waals surface area contributed by atoms with Gasteiger partial charge in [0.25, 0.3) is 0 Å². The maximum Gasteiger partial charge on any atom is 0.225 e. The molecule has 1 aliphatic heterocycles. The maximum atomic E-state index is 12.1. The van der Waals surface area contributed by atoms with Crippen LogP contribution in [0.25, 0.3) is 0 Å². The van der Waals surface area contributed by atoms with Gasteiger partial charge in [0.1, 0.15) is 0 Å². The van der Waals surface area contributed by atoms with Crippen LogP contribution in [0.2, 0.25) is 0 Å². The van der Waals surface area contributed by atoms with E-state index in [1.807, 2.05) is 36.9 Å². The second-order valence-electron chi connectivity index (χ2n) is 5.85. The summed E-state index contributed by atoms with van der Waals surface area (Å²) in [6.45, 7) is 8.54. The molecule has 0 aliphatic carbocycles. The van der Waals surface area contributed by atoms with E-state index in [0.717, 1.165) is 44.8 Å². The van der Waals surface area contributed by atoms with Crippen molar-refractivity contribution in [3.8, 4) is 0 Å². The second kappa shape index (κ2) is 8.25. The van der Waals surface area contributed by atoms with Gasteiger partial charge in [0.15, 0.2) is 0 Å². The normalized spacial score (nSPS) is 16.4. The van der Waals surface area contributed by atoms with Crippen LogP contribution in [0.3, 0.4) is 0 Å². The molecule has 0 unspecified atom stereocenters. The molecular formula is C16H26ClN3O. The lowest BCUT2D eigenvalue weighted by molar-refractivity contribution is -0.134. The van der Waals surface area contributed by atoms with Gasteiger partial charge in [-0.15, -0.1) is 12.4 Å². The highest BCUT2D eigenvalue weighted by Crippen LogP contribution is 2.13. The van der Waals surface area contributed by atoms with Gasteiger partial charge in [0.05, 0.1) is 0 Å². The SMILES string of the molecule is CC(C)C(=O)N1CCCN(Cc2cccc(N)c2)CC1.Cl. The van der Waals surface area contributed by atoms with Crippen molar-refractivity contribution in [1.82, 2.24) is 9.80 Å². The van der Waals surface area contributed by atoms with Crippen LogP contribution in [0.1, 0.15) is 25.8 Å². The summed E-state index contributed by atoms with van der Waals surface area (Å²) >= 11 is 0. The quantitative estimate of drug-likeness (QED) is 0.872. The minimum atomic E-state index is 0. The molecule has 0 aromatic heterocycles. The number of carbonyl (C=O) groups excluding carboxylic acids is 1. The summed E-state index contributed by atoms with van der Waals surface area (Å²) in [6.07, 6.45) is 1.04. The van der Waals surface area contributed by atoms with Gasteiger partial charge in [-0.1, -0.05) is 26.0 Å². The number of rotatable bonds is 3. The largest absolute Gasteiger partial charge is 0.399 e. The van der Waals surface area contributed by atoms with E-state index >= 15 is 0 Å². The van der Waals surface area contributed by atoms with E-state index in [9.17, 15) is 4.79 Å². The van der Waals surface area contributed by atoms with E-state index in [2.05, 4.69) is 11.0 Å². The highest BCUT2D eigenvalue weighted by Gasteiger charge is 2.20. The van der Waals surface area contributed by atoms with Gasteiger partial charge in [-0.25, -0.2) is 0 Å². The Morgan fingerprint density at radius 1 is 1.24 bits per heavy atom. The molecule has 0 bridgehead atoms. The summed E-state index contributed by atoms with van der Waals surface area (Å²) < 4.78 is 0. The predicted octanol–water partition coefficient (Wildman–Crippen LogP) is 2.38. The van der Waals surface area contributed by atoms with Crippen LogP contribution in [0, 0.1) is 5.92 Å². The Kier molecular flexibility index (Phi) is 6.99. The molecule has 1 aromatic rings. The fourth-order valence-electron chi connectivity index (χ4n) is 2.66. The highest BCUT2D eigenvalue weighted by molar-refractivity contribution is 5.85. The Bertz CT molecular complexity index is 465. The van der Waals surface area contributed by atoms with Crippen molar-refractivity contribution >= 4 is 24.0 Å². The highest BCUT2D eigenvalue weighted by atomic mass is 35.5. The van der Waals surface area contributed by atoms with Crippen LogP contribution >= 0.6 is 12.4 Å². The first-order chi connectivity index (χ1) is 9.56. The van der Waals surface area contributed by atoms with Crippen molar-refractivity contribution in [2.75, 3.05) is 31.9 Å². The van der Waals surface area contributed by atoms with Crippen molar-refractivity contribution in [2.45, 2.75) is 26.8 Å². The number of nitrogens with two attached hydrogens (primary N) is 1. The summed E-state index contributed by atoms with van der Waals surface area (Å²) in [4.78, 5) is 16.5. The van der Waals surface area contributed by atoms with E-state index in [-0.39, 0.29) is 24.2 Å². The standard InChI is InChI=1S/C16H25N3O.ClH/c1-13(2)16(20)19-8-4-7-18(9-10-19)12-14-5-3-6-15(17)11-14;/h3,5-6,11,13H,4,7-10,12,17H2,1-2H3;1H. The van der Waals surface area contributed by atoms with Crippen molar-refractivity contribution in [3.63, 3.8) is 0 Å². The van der Waals surface area contributed by atoms with Gasteiger partial charge >= 0.3 is 0 Å². The molecule has 0 saturated carbocycles. The molecule has 1 saturated heterocycles. The lowest BCUT2D eigenvalue weighted by Crippen LogP contribution is -2.37. The summed E-state index contributed by atoms with van der Waals surface area (Å²) in [5.41, 5.74) is 7.88. The van der Waals surface area contributed by atoms with Gasteiger partial charge < -0.3 is 10.6 Å². The van der Waals surface area contributed by atoms with E-state index in [4.69, 9.17) is 5.73 Å². The number of halogens is 1. The molecule has 1 aromatic carbocycles. The van der Waals surface area contributed by atoms with Gasteiger partial charge in [-0.2, -0.15) is 0 Å². The lowest BCUT2D eigenvalue weighted by Gasteiger charge is -2.23. The topological polar surface area (TPSA) is 49.6 Å². The zero-order chi connectivity index (χ0) is 14.5. The van der Waals surface area contributed by atoms with E-state index < -0.39 is 0 Å². The van der Waals surface area contributed by atoms with Crippen LogP contribution in [0.4, 0.5) is 5.69 Å². The molecule has 4 nitrogen and oxygen atoms in total. The Labute approximate surface area is 133 Å². The second-order valence-corrected chi connectivity index (χ2v) is 5.85. The van der Waals surface area contributed by atoms with Crippen molar-refractivity contribution in [1.29, 1.82) is 0 Å². The average molecular weight is 312 g/mol. The molecule has 5 heteroatoms. The van der Waals surface area contributed by atoms with Crippen molar-refractivity contribution in [3.05, 3.63) is 29.8 Å². The van der Waals surface area contributed by atoms with E-state index in [1.165, 1.54) is 5.56 Å². The van der Waals surface area contributed by atoms with Crippen molar-refractivity contribution in [2.24, 2.45) is 5.92 Å². The lowest BCUT2D eigenvalue weighted by atomic mass is 10.2. The zero-order valence-corrected chi connectivity index (χ0v) is 13.7. The van der Waals surface area contributed by atoms with Crippen LogP contribution in [-0.4, -0.2) is 41.9 Å². The molecular weight excluding hydrogens is 286 g/mol. The molecule has 21 heavy (non-hydrogen) atoms. The molecule has 0 atom stereocenters. The maximum absolute atomic E-state index is 12.1. The monoisotopic (exact) mass is 311 g/mol. The number of benzene rings is 1. The zero-order valence-electron chi connectivity index (χ0n) is 12.9. The molecule has 118 valence electrons. The smallest absolute Gasteiger partial charge is 0.225 e. The summed E-state index contributed by atoms with van der Waals surface area (Å²) in [7, 11) is 0. The van der Waals surface area contributed by atoms with Crippen LogP contribution in [0.15, 0.2) is 24.3 Å². The summed E-state index contributed by atoms with van der Waals surface area (Å²) in [5.74, 6) is 0.367. The minimum absolute atomic E-state index is 0. The Hall–Kier alpha value is -1.26. The molecule has 1 amide bonds. The third-order valence-electron chi connectivity index (χ3n) is 3.75. The number of hydrogen-bond donors (Lipinski definition) is 1. The fourth-order valence-corrected chi connectivity index (χ4v) is 2.66. The number of hydrogen-bond acceptors (Lipinski definition) is 3. The molecule has 1 heterocycles. The first kappa shape index (κ1) is 17.8. The van der Waals surface area contributed by atoms with Gasteiger partial charge in [-0.05, 0) is 24.1 Å². The molecule has 2 N–H and O–H groups in total.